The number of para-hydroxylation sites is 2. The van der Waals surface area contributed by atoms with E-state index in [0.29, 0.717) is 13.2 Å². The summed E-state index contributed by atoms with van der Waals surface area (Å²) in [6, 6.07) is 10.2. The first-order valence-corrected chi connectivity index (χ1v) is 9.84. The van der Waals surface area contributed by atoms with Crippen LogP contribution in [0, 0.1) is 11.3 Å². The van der Waals surface area contributed by atoms with Crippen molar-refractivity contribution in [3.63, 3.8) is 0 Å². The predicted octanol–water partition coefficient (Wildman–Crippen LogP) is 1.90. The Balaban J connectivity index is 1.70. The van der Waals surface area contributed by atoms with Crippen LogP contribution < -0.4 is 10.2 Å². The lowest BCUT2D eigenvalue weighted by molar-refractivity contribution is -0.128. The highest BCUT2D eigenvalue weighted by atomic mass is 16.5. The van der Waals surface area contributed by atoms with Crippen molar-refractivity contribution in [1.82, 2.24) is 9.80 Å². The van der Waals surface area contributed by atoms with Crippen LogP contribution in [0.3, 0.4) is 0 Å². The Morgan fingerprint density at radius 2 is 1.93 bits per heavy atom. The van der Waals surface area contributed by atoms with Crippen LogP contribution in [0.1, 0.15) is 12.8 Å². The lowest BCUT2D eigenvalue weighted by Crippen LogP contribution is -2.44. The van der Waals surface area contributed by atoms with Gasteiger partial charge in [-0.3, -0.25) is 4.79 Å². The second-order valence-electron chi connectivity index (χ2n) is 7.38. The second-order valence-corrected chi connectivity index (χ2v) is 7.38. The number of hydrogen-bond acceptors (Lipinski definition) is 6. The van der Waals surface area contributed by atoms with E-state index < -0.39 is 0 Å². The number of carbonyl (C=O) groups excluding carboxylic acids is 1. The van der Waals surface area contributed by atoms with Gasteiger partial charge in [0.15, 0.2) is 0 Å². The number of nitrogens with zero attached hydrogens (tertiary/aromatic N) is 4. The summed E-state index contributed by atoms with van der Waals surface area (Å²) in [6.07, 6.45) is 3.41. The van der Waals surface area contributed by atoms with Crippen molar-refractivity contribution in [2.24, 2.45) is 0 Å². The van der Waals surface area contributed by atoms with E-state index in [-0.39, 0.29) is 17.5 Å². The van der Waals surface area contributed by atoms with Crippen LogP contribution in [0.25, 0.3) is 0 Å². The smallest absolute Gasteiger partial charge is 0.266 e. The molecule has 0 unspecified atom stereocenters. The highest BCUT2D eigenvalue weighted by Crippen LogP contribution is 2.26. The molecule has 0 spiro atoms. The Bertz CT molecular complexity index is 743. The number of benzene rings is 1. The molecule has 2 aliphatic rings. The molecular formula is C21H29N5O2. The lowest BCUT2D eigenvalue weighted by Gasteiger charge is -2.35. The minimum atomic E-state index is -0.228. The number of morpholine rings is 1. The molecule has 1 aromatic rings. The summed E-state index contributed by atoms with van der Waals surface area (Å²) < 4.78 is 5.43. The number of rotatable bonds is 5. The van der Waals surface area contributed by atoms with Gasteiger partial charge in [-0.2, -0.15) is 5.26 Å². The van der Waals surface area contributed by atoms with Gasteiger partial charge in [-0.05, 0) is 45.1 Å². The van der Waals surface area contributed by atoms with Crippen molar-refractivity contribution in [3.05, 3.63) is 36.0 Å². The molecule has 1 aromatic carbocycles. The van der Waals surface area contributed by atoms with E-state index in [0.717, 1.165) is 50.4 Å². The monoisotopic (exact) mass is 383 g/mol. The number of nitriles is 1. The van der Waals surface area contributed by atoms with Crippen molar-refractivity contribution >= 4 is 17.3 Å². The molecule has 2 heterocycles. The van der Waals surface area contributed by atoms with Gasteiger partial charge in [-0.1, -0.05) is 12.1 Å². The minimum absolute atomic E-state index is 0.123. The van der Waals surface area contributed by atoms with Gasteiger partial charge >= 0.3 is 0 Å². The molecule has 2 saturated heterocycles. The molecule has 150 valence electrons. The van der Waals surface area contributed by atoms with E-state index in [9.17, 15) is 10.1 Å². The molecule has 7 nitrogen and oxygen atoms in total. The number of hydrogen-bond donors (Lipinski definition) is 1. The quantitative estimate of drug-likeness (QED) is 0.619. The zero-order chi connectivity index (χ0) is 19.9. The Morgan fingerprint density at radius 1 is 1.25 bits per heavy atom. The van der Waals surface area contributed by atoms with Crippen LogP contribution in [0.4, 0.5) is 11.4 Å². The van der Waals surface area contributed by atoms with E-state index in [2.05, 4.69) is 28.2 Å². The first-order chi connectivity index (χ1) is 13.6. The molecule has 0 aliphatic carbocycles. The fourth-order valence-corrected chi connectivity index (χ4v) is 3.71. The molecule has 2 aliphatic heterocycles. The maximum absolute atomic E-state index is 12.8. The SMILES string of the molecule is CN1CCC(N(C)C(=O)/C(C#N)=C\Nc2ccccc2N2CCOCC2)CC1. The van der Waals surface area contributed by atoms with Gasteiger partial charge in [0.1, 0.15) is 11.6 Å². The summed E-state index contributed by atoms with van der Waals surface area (Å²) in [7, 11) is 3.89. The van der Waals surface area contributed by atoms with Crippen molar-refractivity contribution in [1.29, 1.82) is 5.26 Å². The number of amides is 1. The molecule has 28 heavy (non-hydrogen) atoms. The molecule has 7 heteroatoms. The molecule has 2 fully saturated rings. The zero-order valence-corrected chi connectivity index (χ0v) is 16.7. The summed E-state index contributed by atoms with van der Waals surface area (Å²) in [5.41, 5.74) is 2.06. The van der Waals surface area contributed by atoms with E-state index in [1.807, 2.05) is 24.3 Å². The van der Waals surface area contributed by atoms with E-state index in [1.165, 1.54) is 6.20 Å². The van der Waals surface area contributed by atoms with Crippen molar-refractivity contribution in [2.45, 2.75) is 18.9 Å². The molecule has 1 N–H and O–H groups in total. The minimum Gasteiger partial charge on any atom is -0.378 e. The maximum atomic E-state index is 12.8. The second kappa shape index (κ2) is 9.58. The number of likely N-dealkylation sites (N-methyl/N-ethyl adjacent to an activating group) is 1. The molecule has 0 bridgehead atoms. The Kier molecular flexibility index (Phi) is 6.90. The van der Waals surface area contributed by atoms with Crippen LogP contribution in [-0.2, 0) is 9.53 Å². The Morgan fingerprint density at radius 3 is 2.61 bits per heavy atom. The van der Waals surface area contributed by atoms with E-state index in [1.54, 1.807) is 11.9 Å². The Labute approximate surface area is 167 Å². The van der Waals surface area contributed by atoms with Gasteiger partial charge < -0.3 is 24.8 Å². The number of ether oxygens (including phenoxy) is 1. The lowest BCUT2D eigenvalue weighted by atomic mass is 10.0. The van der Waals surface area contributed by atoms with Crippen molar-refractivity contribution in [3.8, 4) is 6.07 Å². The molecule has 0 saturated carbocycles. The highest BCUT2D eigenvalue weighted by Gasteiger charge is 2.26. The normalized spacial score (nSPS) is 19.2. The van der Waals surface area contributed by atoms with Crippen LogP contribution >= 0.6 is 0 Å². The molecule has 0 atom stereocenters. The first-order valence-electron chi connectivity index (χ1n) is 9.84. The third kappa shape index (κ3) is 4.83. The van der Waals surface area contributed by atoms with Gasteiger partial charge in [0.25, 0.3) is 5.91 Å². The number of likely N-dealkylation sites (tertiary alicyclic amines) is 1. The summed E-state index contributed by atoms with van der Waals surface area (Å²) in [4.78, 5) is 19.0. The topological polar surface area (TPSA) is 71.8 Å². The van der Waals surface area contributed by atoms with E-state index in [4.69, 9.17) is 4.74 Å². The number of anilines is 2. The first kappa shape index (κ1) is 20.2. The van der Waals surface area contributed by atoms with Gasteiger partial charge in [0, 0.05) is 32.4 Å². The van der Waals surface area contributed by atoms with Crippen LogP contribution in [0.5, 0.6) is 0 Å². The molecular weight excluding hydrogens is 354 g/mol. The van der Waals surface area contributed by atoms with Crippen LogP contribution in [0.2, 0.25) is 0 Å². The van der Waals surface area contributed by atoms with Gasteiger partial charge in [-0.25, -0.2) is 0 Å². The van der Waals surface area contributed by atoms with Crippen molar-refractivity contribution < 1.29 is 9.53 Å². The number of nitrogens with one attached hydrogen (secondary N) is 1. The molecule has 0 radical (unpaired) electrons. The number of piperidine rings is 1. The fraction of sp³-hybridized carbons (Fsp3) is 0.524. The molecule has 0 aromatic heterocycles. The highest BCUT2D eigenvalue weighted by molar-refractivity contribution is 5.97. The molecule has 1 amide bonds. The van der Waals surface area contributed by atoms with E-state index >= 15 is 0 Å². The third-order valence-corrected chi connectivity index (χ3v) is 5.53. The summed E-state index contributed by atoms with van der Waals surface area (Å²) >= 11 is 0. The molecule has 3 rings (SSSR count). The third-order valence-electron chi connectivity index (χ3n) is 5.53. The van der Waals surface area contributed by atoms with Gasteiger partial charge in [-0.15, -0.1) is 0 Å². The van der Waals surface area contributed by atoms with Gasteiger partial charge in [0.2, 0.25) is 0 Å². The summed E-state index contributed by atoms with van der Waals surface area (Å²) in [5, 5.41) is 12.7. The van der Waals surface area contributed by atoms with Gasteiger partial charge in [0.05, 0.1) is 24.6 Å². The summed E-state index contributed by atoms with van der Waals surface area (Å²) in [5.74, 6) is -0.228. The number of carbonyl (C=O) groups is 1. The fourth-order valence-electron chi connectivity index (χ4n) is 3.71. The average Bonchev–Trinajstić information content (AvgIpc) is 2.75. The zero-order valence-electron chi connectivity index (χ0n) is 16.7. The standard InChI is InChI=1S/C21H29N5O2/c1-24-9-7-18(8-10-24)25(2)21(27)17(15-22)16-23-19-5-3-4-6-20(19)26-11-13-28-14-12-26/h3-6,16,18,23H,7-14H2,1-2H3/b17-16-. The largest absolute Gasteiger partial charge is 0.378 e. The predicted molar refractivity (Wildman–Crippen MR) is 110 cm³/mol. The van der Waals surface area contributed by atoms with Crippen molar-refractivity contribution in [2.75, 3.05) is 63.7 Å². The average molecular weight is 383 g/mol. The maximum Gasteiger partial charge on any atom is 0.266 e. The summed E-state index contributed by atoms with van der Waals surface area (Å²) in [6.45, 7) is 5.00. The van der Waals surface area contributed by atoms with Crippen LogP contribution in [0.15, 0.2) is 36.0 Å². The van der Waals surface area contributed by atoms with Crippen LogP contribution in [-0.4, -0.2) is 75.2 Å². The Hall–Kier alpha value is -2.56.